The number of aliphatic hydroxyl groups is 1. The molecule has 2 unspecified atom stereocenters. The molecule has 2 atom stereocenters. The summed E-state index contributed by atoms with van der Waals surface area (Å²) >= 11 is 0. The summed E-state index contributed by atoms with van der Waals surface area (Å²) in [6, 6.07) is -0.105. The van der Waals surface area contributed by atoms with Crippen LogP contribution in [0.3, 0.4) is 0 Å². The van der Waals surface area contributed by atoms with Crippen LogP contribution in [-0.4, -0.2) is 30.2 Å². The molecule has 0 aromatic rings. The minimum atomic E-state index is -0.105. The first-order valence-electron chi connectivity index (χ1n) is 7.13. The van der Waals surface area contributed by atoms with Gasteiger partial charge in [0.15, 0.2) is 0 Å². The van der Waals surface area contributed by atoms with Gasteiger partial charge in [-0.1, -0.05) is 27.2 Å². The molecule has 0 aliphatic heterocycles. The normalized spacial score (nSPS) is 14.6. The largest absolute Gasteiger partial charge is 0.394 e. The highest BCUT2D eigenvalue weighted by Gasteiger charge is 2.14. The lowest BCUT2D eigenvalue weighted by atomic mass is 9.96. The molecule has 0 heterocycles. The van der Waals surface area contributed by atoms with Crippen LogP contribution in [0, 0.1) is 11.8 Å². The molecule has 0 aromatic heterocycles. The van der Waals surface area contributed by atoms with E-state index >= 15 is 0 Å². The molecule has 0 rings (SSSR count). The highest BCUT2D eigenvalue weighted by molar-refractivity contribution is 5.76. The lowest BCUT2D eigenvalue weighted by Gasteiger charge is -2.19. The Bertz CT molecular complexity index is 220. The van der Waals surface area contributed by atoms with Crippen LogP contribution in [0.25, 0.3) is 0 Å². The first kappa shape index (κ1) is 17.4. The molecule has 4 nitrogen and oxygen atoms in total. The van der Waals surface area contributed by atoms with Gasteiger partial charge in [0.1, 0.15) is 0 Å². The fourth-order valence-electron chi connectivity index (χ4n) is 2.17. The monoisotopic (exact) mass is 258 g/mol. The molecule has 0 aliphatic rings. The third-order valence-corrected chi connectivity index (χ3v) is 3.27. The van der Waals surface area contributed by atoms with Crippen molar-refractivity contribution in [1.29, 1.82) is 0 Å². The average Bonchev–Trinajstić information content (AvgIpc) is 2.32. The molecular formula is C14H30N2O2. The van der Waals surface area contributed by atoms with Gasteiger partial charge >= 0.3 is 0 Å². The van der Waals surface area contributed by atoms with Gasteiger partial charge in [-0.25, -0.2) is 0 Å². The van der Waals surface area contributed by atoms with Crippen molar-refractivity contribution in [2.45, 2.75) is 58.9 Å². The maximum atomic E-state index is 11.8. The number of carbonyl (C=O) groups is 1. The molecule has 0 radical (unpaired) electrons. The Kier molecular flexibility index (Phi) is 9.98. The molecule has 0 saturated heterocycles. The molecule has 1 amide bonds. The van der Waals surface area contributed by atoms with Gasteiger partial charge in [-0.3, -0.25) is 4.79 Å². The smallest absolute Gasteiger partial charge is 0.220 e. The number of aliphatic hydroxyl groups excluding tert-OH is 1. The minimum absolute atomic E-state index is 0.0178. The second kappa shape index (κ2) is 10.3. The fraction of sp³-hybridized carbons (Fsp3) is 0.929. The van der Waals surface area contributed by atoms with E-state index in [9.17, 15) is 9.90 Å². The van der Waals surface area contributed by atoms with Crippen molar-refractivity contribution in [2.75, 3.05) is 13.2 Å². The van der Waals surface area contributed by atoms with Gasteiger partial charge in [0.2, 0.25) is 5.91 Å². The third-order valence-electron chi connectivity index (χ3n) is 3.27. The molecule has 0 aromatic carbocycles. The van der Waals surface area contributed by atoms with E-state index in [1.807, 2.05) is 0 Å². The first-order valence-corrected chi connectivity index (χ1v) is 7.13. The van der Waals surface area contributed by atoms with Gasteiger partial charge in [-0.2, -0.15) is 0 Å². The van der Waals surface area contributed by atoms with Crippen molar-refractivity contribution in [1.82, 2.24) is 5.32 Å². The van der Waals surface area contributed by atoms with Crippen LogP contribution in [0.1, 0.15) is 52.9 Å². The minimum Gasteiger partial charge on any atom is -0.394 e. The van der Waals surface area contributed by atoms with Crippen LogP contribution < -0.4 is 11.1 Å². The summed E-state index contributed by atoms with van der Waals surface area (Å²) in [4.78, 5) is 11.8. The predicted molar refractivity (Wildman–Crippen MR) is 75.2 cm³/mol. The van der Waals surface area contributed by atoms with Gasteiger partial charge < -0.3 is 16.2 Å². The van der Waals surface area contributed by atoms with Crippen molar-refractivity contribution in [3.05, 3.63) is 0 Å². The quantitative estimate of drug-likeness (QED) is 0.558. The topological polar surface area (TPSA) is 75.4 Å². The molecule has 0 spiro atoms. The molecule has 0 saturated carbocycles. The predicted octanol–water partition coefficient (Wildman–Crippen LogP) is 1.66. The molecule has 0 fully saturated rings. The number of carbonyl (C=O) groups excluding carboxylic acids is 1. The highest BCUT2D eigenvalue weighted by Crippen LogP contribution is 2.14. The van der Waals surface area contributed by atoms with Crippen LogP contribution >= 0.6 is 0 Å². The van der Waals surface area contributed by atoms with E-state index in [4.69, 9.17) is 5.73 Å². The number of hydrogen-bond acceptors (Lipinski definition) is 3. The van der Waals surface area contributed by atoms with Gasteiger partial charge in [0, 0.05) is 6.42 Å². The zero-order chi connectivity index (χ0) is 14.0. The Morgan fingerprint density at radius 1 is 1.33 bits per heavy atom. The molecule has 4 N–H and O–H groups in total. The lowest BCUT2D eigenvalue weighted by molar-refractivity contribution is -0.122. The Labute approximate surface area is 111 Å². The second-order valence-electron chi connectivity index (χ2n) is 5.47. The molecule has 0 bridgehead atoms. The summed E-state index contributed by atoms with van der Waals surface area (Å²) in [6.45, 7) is 7.01. The van der Waals surface area contributed by atoms with E-state index in [2.05, 4.69) is 26.1 Å². The number of rotatable bonds is 10. The molecule has 0 aliphatic carbocycles. The van der Waals surface area contributed by atoms with Crippen molar-refractivity contribution >= 4 is 5.91 Å². The summed E-state index contributed by atoms with van der Waals surface area (Å²) in [5, 5.41) is 12.1. The Morgan fingerprint density at radius 2 is 2.00 bits per heavy atom. The second-order valence-corrected chi connectivity index (χ2v) is 5.47. The molecule has 108 valence electrons. The standard InChI is InChI=1S/C14H30N2O2/c1-4-12(7-8-15)5-6-14(18)16-13(10-17)9-11(2)3/h11-13,17H,4-10,15H2,1-3H3,(H,16,18). The van der Waals surface area contributed by atoms with Crippen molar-refractivity contribution in [3.63, 3.8) is 0 Å². The van der Waals surface area contributed by atoms with Crippen molar-refractivity contribution in [2.24, 2.45) is 17.6 Å². The zero-order valence-corrected chi connectivity index (χ0v) is 12.1. The number of hydrogen-bond donors (Lipinski definition) is 3. The zero-order valence-electron chi connectivity index (χ0n) is 12.1. The Balaban J connectivity index is 3.93. The maximum absolute atomic E-state index is 11.8. The highest BCUT2D eigenvalue weighted by atomic mass is 16.3. The summed E-state index contributed by atoms with van der Waals surface area (Å²) in [7, 11) is 0. The van der Waals surface area contributed by atoms with E-state index in [1.165, 1.54) is 0 Å². The van der Waals surface area contributed by atoms with E-state index in [1.54, 1.807) is 0 Å². The van der Waals surface area contributed by atoms with Gasteiger partial charge in [-0.15, -0.1) is 0 Å². The number of nitrogens with one attached hydrogen (secondary N) is 1. The SMILES string of the molecule is CCC(CCN)CCC(=O)NC(CO)CC(C)C. The van der Waals surface area contributed by atoms with Crippen LogP contribution in [0.2, 0.25) is 0 Å². The third kappa shape index (κ3) is 8.48. The fourth-order valence-corrected chi connectivity index (χ4v) is 2.17. The van der Waals surface area contributed by atoms with Crippen LogP contribution in [-0.2, 0) is 4.79 Å². The van der Waals surface area contributed by atoms with Gasteiger partial charge in [0.05, 0.1) is 12.6 Å². The summed E-state index contributed by atoms with van der Waals surface area (Å²) in [5.74, 6) is 1.06. The van der Waals surface area contributed by atoms with Crippen LogP contribution in [0.5, 0.6) is 0 Å². The van der Waals surface area contributed by atoms with E-state index in [0.717, 1.165) is 25.7 Å². The van der Waals surface area contributed by atoms with E-state index < -0.39 is 0 Å². The molecular weight excluding hydrogens is 228 g/mol. The summed E-state index contributed by atoms with van der Waals surface area (Å²) in [5.41, 5.74) is 5.53. The Hall–Kier alpha value is -0.610. The number of amides is 1. The maximum Gasteiger partial charge on any atom is 0.220 e. The molecule has 18 heavy (non-hydrogen) atoms. The van der Waals surface area contributed by atoms with E-state index in [0.29, 0.717) is 24.8 Å². The van der Waals surface area contributed by atoms with Crippen molar-refractivity contribution < 1.29 is 9.90 Å². The average molecular weight is 258 g/mol. The van der Waals surface area contributed by atoms with Gasteiger partial charge in [-0.05, 0) is 37.6 Å². The summed E-state index contributed by atoms with van der Waals surface area (Å²) < 4.78 is 0. The Morgan fingerprint density at radius 3 is 2.44 bits per heavy atom. The summed E-state index contributed by atoms with van der Waals surface area (Å²) in [6.07, 6.45) is 4.30. The van der Waals surface area contributed by atoms with Gasteiger partial charge in [0.25, 0.3) is 0 Å². The van der Waals surface area contributed by atoms with Crippen LogP contribution in [0.15, 0.2) is 0 Å². The first-order chi connectivity index (χ1) is 8.53. The number of nitrogens with two attached hydrogens (primary N) is 1. The van der Waals surface area contributed by atoms with Crippen molar-refractivity contribution in [3.8, 4) is 0 Å². The van der Waals surface area contributed by atoms with Crippen LogP contribution in [0.4, 0.5) is 0 Å². The van der Waals surface area contributed by atoms with E-state index in [-0.39, 0.29) is 18.6 Å². The molecule has 4 heteroatoms. The lowest BCUT2D eigenvalue weighted by Crippen LogP contribution is -2.38.